The summed E-state index contributed by atoms with van der Waals surface area (Å²) >= 11 is 0. The van der Waals surface area contributed by atoms with Crippen LogP contribution in [0.25, 0.3) is 0 Å². The number of carbonyl (C=O) groups excluding carboxylic acids is 1. The number of nitrogens with zero attached hydrogens (tertiary/aromatic N) is 1. The zero-order chi connectivity index (χ0) is 12.7. The Hall–Kier alpha value is -2.30. The van der Waals surface area contributed by atoms with Gasteiger partial charge >= 0.3 is 5.97 Å². The van der Waals surface area contributed by atoms with Crippen LogP contribution in [0.3, 0.4) is 0 Å². The minimum absolute atomic E-state index is 0.0406. The van der Waals surface area contributed by atoms with Crippen LogP contribution in [0.15, 0.2) is 47.2 Å². The molecule has 5 nitrogen and oxygen atoms in total. The highest BCUT2D eigenvalue weighted by atomic mass is 16.5. The average Bonchev–Trinajstić information content (AvgIpc) is 2.39. The summed E-state index contributed by atoms with van der Waals surface area (Å²) in [5.41, 5.74) is 11.9. The van der Waals surface area contributed by atoms with Gasteiger partial charge in [0.1, 0.15) is 0 Å². The molecule has 0 spiro atoms. The van der Waals surface area contributed by atoms with Crippen LogP contribution in [-0.4, -0.2) is 18.8 Å². The standard InChI is InChI=1S/C12H15N3O2/c1-17-12(16)11(10(14)7-13)15-8-9-5-3-2-4-6-9/h2-7H,8,13-14H2,1H3/b10-7+,15-11?. The van der Waals surface area contributed by atoms with E-state index in [0.29, 0.717) is 6.54 Å². The zero-order valence-corrected chi connectivity index (χ0v) is 9.59. The molecule has 0 saturated carbocycles. The smallest absolute Gasteiger partial charge is 0.358 e. The van der Waals surface area contributed by atoms with E-state index in [1.54, 1.807) is 0 Å². The summed E-state index contributed by atoms with van der Waals surface area (Å²) in [6, 6.07) is 9.50. The summed E-state index contributed by atoms with van der Waals surface area (Å²) in [4.78, 5) is 15.5. The van der Waals surface area contributed by atoms with Gasteiger partial charge in [-0.15, -0.1) is 0 Å². The SMILES string of the molecule is COC(=O)C(=NCc1ccccc1)/C(N)=C\N. The fraction of sp³-hybridized carbons (Fsp3) is 0.167. The van der Waals surface area contributed by atoms with Crippen molar-refractivity contribution in [2.24, 2.45) is 16.5 Å². The number of rotatable bonds is 4. The third-order valence-corrected chi connectivity index (χ3v) is 2.09. The second-order valence-electron chi connectivity index (χ2n) is 3.26. The van der Waals surface area contributed by atoms with Gasteiger partial charge in [0.15, 0.2) is 5.71 Å². The molecule has 0 aliphatic heterocycles. The molecule has 1 rings (SSSR count). The summed E-state index contributed by atoms with van der Waals surface area (Å²) in [5.74, 6) is -0.597. The molecule has 4 N–H and O–H groups in total. The molecular formula is C12H15N3O2. The number of hydrogen-bond donors (Lipinski definition) is 2. The second kappa shape index (κ2) is 6.32. The van der Waals surface area contributed by atoms with E-state index in [-0.39, 0.29) is 11.4 Å². The second-order valence-corrected chi connectivity index (χ2v) is 3.26. The molecule has 0 atom stereocenters. The van der Waals surface area contributed by atoms with Crippen LogP contribution in [0, 0.1) is 0 Å². The minimum atomic E-state index is -0.597. The number of aliphatic imine (C=N–C) groups is 1. The molecule has 0 aliphatic carbocycles. The Balaban J connectivity index is 2.88. The Morgan fingerprint density at radius 1 is 1.41 bits per heavy atom. The summed E-state index contributed by atoms with van der Waals surface area (Å²) in [6.45, 7) is 0.347. The highest BCUT2D eigenvalue weighted by Crippen LogP contribution is 2.02. The van der Waals surface area contributed by atoms with E-state index in [2.05, 4.69) is 9.73 Å². The first-order chi connectivity index (χ1) is 8.19. The van der Waals surface area contributed by atoms with E-state index in [1.807, 2.05) is 30.3 Å². The van der Waals surface area contributed by atoms with E-state index in [0.717, 1.165) is 11.8 Å². The van der Waals surface area contributed by atoms with Gasteiger partial charge in [0.05, 0.1) is 19.4 Å². The van der Waals surface area contributed by atoms with Crippen molar-refractivity contribution >= 4 is 11.7 Å². The monoisotopic (exact) mass is 233 g/mol. The van der Waals surface area contributed by atoms with E-state index in [1.165, 1.54) is 7.11 Å². The normalized spacial score (nSPS) is 12.3. The van der Waals surface area contributed by atoms with Crippen molar-refractivity contribution < 1.29 is 9.53 Å². The van der Waals surface area contributed by atoms with Crippen molar-refractivity contribution in [2.45, 2.75) is 6.54 Å². The number of methoxy groups -OCH3 is 1. The lowest BCUT2D eigenvalue weighted by Crippen LogP contribution is -2.24. The Morgan fingerprint density at radius 2 is 2.06 bits per heavy atom. The fourth-order valence-electron chi connectivity index (χ4n) is 1.20. The third kappa shape index (κ3) is 3.64. The summed E-state index contributed by atoms with van der Waals surface area (Å²) < 4.78 is 4.58. The largest absolute Gasteiger partial charge is 0.464 e. The maximum atomic E-state index is 11.4. The van der Waals surface area contributed by atoms with Gasteiger partial charge in [0, 0.05) is 6.20 Å². The zero-order valence-electron chi connectivity index (χ0n) is 9.59. The molecule has 1 aromatic rings. The molecule has 5 heteroatoms. The molecule has 0 amide bonds. The van der Waals surface area contributed by atoms with Crippen LogP contribution in [-0.2, 0) is 16.1 Å². The first-order valence-corrected chi connectivity index (χ1v) is 5.03. The van der Waals surface area contributed by atoms with Crippen molar-refractivity contribution in [3.05, 3.63) is 47.8 Å². The number of ether oxygens (including phenoxy) is 1. The molecule has 90 valence electrons. The number of nitrogens with two attached hydrogens (primary N) is 2. The van der Waals surface area contributed by atoms with Crippen LogP contribution in [0.2, 0.25) is 0 Å². The van der Waals surface area contributed by atoms with Gasteiger partial charge < -0.3 is 16.2 Å². The Morgan fingerprint density at radius 3 is 2.59 bits per heavy atom. The molecule has 0 aliphatic rings. The molecular weight excluding hydrogens is 218 g/mol. The quantitative estimate of drug-likeness (QED) is 0.587. The van der Waals surface area contributed by atoms with Gasteiger partial charge in [-0.2, -0.15) is 0 Å². The predicted octanol–water partition coefficient (Wildman–Crippen LogP) is 0.559. The Kier molecular flexibility index (Phi) is 4.75. The lowest BCUT2D eigenvalue weighted by atomic mass is 10.2. The fourth-order valence-corrected chi connectivity index (χ4v) is 1.20. The van der Waals surface area contributed by atoms with Gasteiger partial charge in [0.25, 0.3) is 0 Å². The molecule has 1 aromatic carbocycles. The van der Waals surface area contributed by atoms with E-state index in [9.17, 15) is 4.79 Å². The average molecular weight is 233 g/mol. The molecule has 0 fully saturated rings. The van der Waals surface area contributed by atoms with Crippen LogP contribution in [0.4, 0.5) is 0 Å². The summed E-state index contributed by atoms with van der Waals surface area (Å²) in [5, 5.41) is 0. The van der Waals surface area contributed by atoms with Gasteiger partial charge in [-0.1, -0.05) is 30.3 Å². The third-order valence-electron chi connectivity index (χ3n) is 2.09. The maximum Gasteiger partial charge on any atom is 0.358 e. The minimum Gasteiger partial charge on any atom is -0.464 e. The Labute approximate surface area is 99.8 Å². The summed E-state index contributed by atoms with van der Waals surface area (Å²) in [6.07, 6.45) is 1.13. The molecule has 0 bridgehead atoms. The highest BCUT2D eigenvalue weighted by Gasteiger charge is 2.13. The Bertz CT molecular complexity index is 438. The molecule has 0 unspecified atom stereocenters. The molecule has 0 saturated heterocycles. The van der Waals surface area contributed by atoms with E-state index >= 15 is 0 Å². The van der Waals surface area contributed by atoms with Gasteiger partial charge in [-0.25, -0.2) is 4.79 Å². The van der Waals surface area contributed by atoms with Crippen molar-refractivity contribution in [2.75, 3.05) is 7.11 Å². The molecule has 0 aromatic heterocycles. The highest BCUT2D eigenvalue weighted by molar-refractivity contribution is 6.42. The topological polar surface area (TPSA) is 90.7 Å². The van der Waals surface area contributed by atoms with Crippen molar-refractivity contribution in [1.29, 1.82) is 0 Å². The van der Waals surface area contributed by atoms with Crippen LogP contribution < -0.4 is 11.5 Å². The lowest BCUT2D eigenvalue weighted by molar-refractivity contribution is -0.132. The summed E-state index contributed by atoms with van der Waals surface area (Å²) in [7, 11) is 1.27. The number of hydrogen-bond acceptors (Lipinski definition) is 5. The van der Waals surface area contributed by atoms with E-state index in [4.69, 9.17) is 11.5 Å². The molecule has 0 radical (unpaired) electrons. The predicted molar refractivity (Wildman–Crippen MR) is 66.1 cm³/mol. The maximum absolute atomic E-state index is 11.4. The van der Waals surface area contributed by atoms with Crippen molar-refractivity contribution in [3.8, 4) is 0 Å². The van der Waals surface area contributed by atoms with E-state index < -0.39 is 5.97 Å². The number of benzene rings is 1. The van der Waals surface area contributed by atoms with Crippen molar-refractivity contribution in [3.63, 3.8) is 0 Å². The molecule has 17 heavy (non-hydrogen) atoms. The van der Waals surface area contributed by atoms with Gasteiger partial charge in [-0.3, -0.25) is 4.99 Å². The number of esters is 1. The first kappa shape index (κ1) is 12.8. The number of carbonyl (C=O) groups is 1. The van der Waals surface area contributed by atoms with Gasteiger partial charge in [-0.05, 0) is 5.56 Å². The first-order valence-electron chi connectivity index (χ1n) is 5.03. The van der Waals surface area contributed by atoms with Gasteiger partial charge in [0.2, 0.25) is 0 Å². The van der Waals surface area contributed by atoms with Crippen LogP contribution >= 0.6 is 0 Å². The van der Waals surface area contributed by atoms with Crippen LogP contribution in [0.1, 0.15) is 5.56 Å². The van der Waals surface area contributed by atoms with Crippen molar-refractivity contribution in [1.82, 2.24) is 0 Å². The molecule has 0 heterocycles. The van der Waals surface area contributed by atoms with Crippen LogP contribution in [0.5, 0.6) is 0 Å². The lowest BCUT2D eigenvalue weighted by Gasteiger charge is -2.04.